The first-order valence-corrected chi connectivity index (χ1v) is 8.07. The quantitative estimate of drug-likeness (QED) is 0.720. The molecule has 1 amide bonds. The Morgan fingerprint density at radius 2 is 1.65 bits per heavy atom. The molecule has 1 heterocycles. The summed E-state index contributed by atoms with van der Waals surface area (Å²) in [5, 5.41) is 6.95. The number of ketones is 1. The summed E-state index contributed by atoms with van der Waals surface area (Å²) in [6, 6.07) is 19.0. The minimum Gasteiger partial charge on any atom is -0.324 e. The SMILES string of the molecule is CC(=O)c1ccc(NC(=O)Cn2nc(-c3ccccc3)ccc2=O)cc1. The molecule has 1 N–H and O–H groups in total. The summed E-state index contributed by atoms with van der Waals surface area (Å²) in [7, 11) is 0. The van der Waals surface area contributed by atoms with Gasteiger partial charge in [0.05, 0.1) is 5.69 Å². The van der Waals surface area contributed by atoms with Crippen LogP contribution in [0.3, 0.4) is 0 Å². The molecular weight excluding hydrogens is 330 g/mol. The van der Waals surface area contributed by atoms with E-state index in [9.17, 15) is 14.4 Å². The Bertz CT molecular complexity index is 993. The maximum atomic E-state index is 12.2. The molecule has 3 rings (SSSR count). The van der Waals surface area contributed by atoms with Gasteiger partial charge in [0, 0.05) is 22.9 Å². The van der Waals surface area contributed by atoms with E-state index in [4.69, 9.17) is 0 Å². The van der Waals surface area contributed by atoms with Crippen molar-refractivity contribution in [2.75, 3.05) is 5.32 Å². The molecule has 0 aliphatic carbocycles. The molecule has 0 unspecified atom stereocenters. The summed E-state index contributed by atoms with van der Waals surface area (Å²) < 4.78 is 1.13. The lowest BCUT2D eigenvalue weighted by molar-refractivity contribution is -0.117. The molecule has 3 aromatic rings. The molecule has 2 aromatic carbocycles. The molecule has 26 heavy (non-hydrogen) atoms. The minimum atomic E-state index is -0.375. The second-order valence-corrected chi connectivity index (χ2v) is 5.76. The molecule has 0 aliphatic rings. The highest BCUT2D eigenvalue weighted by Gasteiger charge is 2.09. The average Bonchev–Trinajstić information content (AvgIpc) is 2.64. The van der Waals surface area contributed by atoms with Crippen molar-refractivity contribution in [3.05, 3.63) is 82.6 Å². The lowest BCUT2D eigenvalue weighted by Crippen LogP contribution is -2.29. The second-order valence-electron chi connectivity index (χ2n) is 5.76. The average molecular weight is 347 g/mol. The molecule has 6 nitrogen and oxygen atoms in total. The third-order valence-corrected chi connectivity index (χ3v) is 3.80. The van der Waals surface area contributed by atoms with Crippen LogP contribution in [0, 0.1) is 0 Å². The zero-order chi connectivity index (χ0) is 18.5. The van der Waals surface area contributed by atoms with Crippen molar-refractivity contribution >= 4 is 17.4 Å². The molecular formula is C20H17N3O3. The maximum Gasteiger partial charge on any atom is 0.267 e. The summed E-state index contributed by atoms with van der Waals surface area (Å²) in [6.45, 7) is 1.28. The number of anilines is 1. The first-order valence-electron chi connectivity index (χ1n) is 8.07. The van der Waals surface area contributed by atoms with Gasteiger partial charge in [0.15, 0.2) is 5.78 Å². The number of Topliss-reactive ketones (excluding diaryl/α,β-unsaturated/α-hetero) is 1. The molecule has 130 valence electrons. The molecule has 0 bridgehead atoms. The molecule has 0 saturated heterocycles. The Morgan fingerprint density at radius 1 is 0.962 bits per heavy atom. The highest BCUT2D eigenvalue weighted by molar-refractivity contribution is 5.95. The Hall–Kier alpha value is -3.54. The van der Waals surface area contributed by atoms with Crippen LogP contribution < -0.4 is 10.9 Å². The smallest absolute Gasteiger partial charge is 0.267 e. The standard InChI is InChI=1S/C20H17N3O3/c1-14(24)15-7-9-17(10-8-15)21-19(25)13-23-20(26)12-11-18(22-23)16-5-3-2-4-6-16/h2-12H,13H2,1H3,(H,21,25). The summed E-state index contributed by atoms with van der Waals surface area (Å²) in [5.41, 5.74) is 2.24. The van der Waals surface area contributed by atoms with Crippen LogP contribution in [0.15, 0.2) is 71.5 Å². The number of rotatable bonds is 5. The van der Waals surface area contributed by atoms with Gasteiger partial charge < -0.3 is 5.32 Å². The predicted molar refractivity (Wildman–Crippen MR) is 99.0 cm³/mol. The van der Waals surface area contributed by atoms with Gasteiger partial charge in [-0.2, -0.15) is 5.10 Å². The van der Waals surface area contributed by atoms with Gasteiger partial charge in [-0.25, -0.2) is 4.68 Å². The van der Waals surface area contributed by atoms with Crippen molar-refractivity contribution in [3.63, 3.8) is 0 Å². The molecule has 0 spiro atoms. The van der Waals surface area contributed by atoms with E-state index >= 15 is 0 Å². The van der Waals surface area contributed by atoms with Gasteiger partial charge in [0.2, 0.25) is 5.91 Å². The Balaban J connectivity index is 1.74. The van der Waals surface area contributed by atoms with Crippen LogP contribution in [0.4, 0.5) is 5.69 Å². The van der Waals surface area contributed by atoms with E-state index in [1.54, 1.807) is 30.3 Å². The van der Waals surface area contributed by atoms with Gasteiger partial charge in [-0.1, -0.05) is 30.3 Å². The zero-order valence-corrected chi connectivity index (χ0v) is 14.2. The van der Waals surface area contributed by atoms with Gasteiger partial charge in [0.25, 0.3) is 5.56 Å². The Labute approximate surface area is 150 Å². The van der Waals surface area contributed by atoms with Crippen LogP contribution in [-0.2, 0) is 11.3 Å². The molecule has 0 saturated carbocycles. The van der Waals surface area contributed by atoms with Gasteiger partial charge in [-0.3, -0.25) is 14.4 Å². The summed E-state index contributed by atoms with van der Waals surface area (Å²) in [4.78, 5) is 35.5. The lowest BCUT2D eigenvalue weighted by Gasteiger charge is -2.08. The van der Waals surface area contributed by atoms with Gasteiger partial charge >= 0.3 is 0 Å². The number of amides is 1. The van der Waals surface area contributed by atoms with E-state index in [1.807, 2.05) is 30.3 Å². The number of benzene rings is 2. The topological polar surface area (TPSA) is 81.1 Å². The third kappa shape index (κ3) is 4.10. The van der Waals surface area contributed by atoms with Crippen molar-refractivity contribution in [2.45, 2.75) is 13.5 Å². The van der Waals surface area contributed by atoms with Gasteiger partial charge in [0.1, 0.15) is 6.54 Å². The van der Waals surface area contributed by atoms with Crippen molar-refractivity contribution in [2.24, 2.45) is 0 Å². The predicted octanol–water partition coefficient (Wildman–Crippen LogP) is 2.75. The van der Waals surface area contributed by atoms with Crippen LogP contribution in [0.5, 0.6) is 0 Å². The molecule has 0 fully saturated rings. The number of hydrogen-bond acceptors (Lipinski definition) is 4. The Kier molecular flexibility index (Phi) is 5.03. The fourth-order valence-corrected chi connectivity index (χ4v) is 2.45. The second kappa shape index (κ2) is 7.57. The highest BCUT2D eigenvalue weighted by Crippen LogP contribution is 2.14. The van der Waals surface area contributed by atoms with Crippen molar-refractivity contribution < 1.29 is 9.59 Å². The molecule has 0 radical (unpaired) electrons. The fraction of sp³-hybridized carbons (Fsp3) is 0.100. The van der Waals surface area contributed by atoms with E-state index in [-0.39, 0.29) is 23.8 Å². The number of aromatic nitrogens is 2. The van der Waals surface area contributed by atoms with Crippen LogP contribution in [0.1, 0.15) is 17.3 Å². The molecule has 1 aromatic heterocycles. The number of hydrogen-bond donors (Lipinski definition) is 1. The van der Waals surface area contributed by atoms with Crippen molar-refractivity contribution in [1.29, 1.82) is 0 Å². The van der Waals surface area contributed by atoms with Gasteiger partial charge in [-0.15, -0.1) is 0 Å². The van der Waals surface area contributed by atoms with E-state index in [0.29, 0.717) is 16.9 Å². The van der Waals surface area contributed by atoms with Crippen molar-refractivity contribution in [3.8, 4) is 11.3 Å². The fourth-order valence-electron chi connectivity index (χ4n) is 2.45. The monoisotopic (exact) mass is 347 g/mol. The maximum absolute atomic E-state index is 12.2. The van der Waals surface area contributed by atoms with E-state index in [2.05, 4.69) is 10.4 Å². The highest BCUT2D eigenvalue weighted by atomic mass is 16.2. The van der Waals surface area contributed by atoms with Crippen LogP contribution in [0.25, 0.3) is 11.3 Å². The number of carbonyl (C=O) groups excluding carboxylic acids is 2. The van der Waals surface area contributed by atoms with Crippen molar-refractivity contribution in [1.82, 2.24) is 9.78 Å². The molecule has 6 heteroatoms. The molecule has 0 aliphatic heterocycles. The first kappa shape index (κ1) is 17.3. The number of nitrogens with one attached hydrogen (secondary N) is 1. The first-order chi connectivity index (χ1) is 12.5. The van der Waals surface area contributed by atoms with Crippen LogP contribution in [0.2, 0.25) is 0 Å². The normalized spacial score (nSPS) is 10.3. The lowest BCUT2D eigenvalue weighted by atomic mass is 10.1. The summed E-state index contributed by atoms with van der Waals surface area (Å²) >= 11 is 0. The van der Waals surface area contributed by atoms with Crippen LogP contribution in [-0.4, -0.2) is 21.5 Å². The van der Waals surface area contributed by atoms with Gasteiger partial charge in [-0.05, 0) is 37.3 Å². The zero-order valence-electron chi connectivity index (χ0n) is 14.2. The minimum absolute atomic E-state index is 0.0450. The van der Waals surface area contributed by atoms with Crippen LogP contribution >= 0.6 is 0 Å². The van der Waals surface area contributed by atoms with E-state index < -0.39 is 0 Å². The Morgan fingerprint density at radius 3 is 2.31 bits per heavy atom. The summed E-state index contributed by atoms with van der Waals surface area (Å²) in [6.07, 6.45) is 0. The third-order valence-electron chi connectivity index (χ3n) is 3.80. The number of carbonyl (C=O) groups is 2. The van der Waals surface area contributed by atoms with E-state index in [0.717, 1.165) is 10.2 Å². The largest absolute Gasteiger partial charge is 0.324 e. The summed E-state index contributed by atoms with van der Waals surface area (Å²) in [5.74, 6) is -0.420. The van der Waals surface area contributed by atoms with E-state index in [1.165, 1.54) is 13.0 Å². The molecule has 0 atom stereocenters. The number of nitrogens with zero attached hydrogens (tertiary/aromatic N) is 2.